The van der Waals surface area contributed by atoms with Crippen molar-refractivity contribution >= 4 is 5.69 Å². The van der Waals surface area contributed by atoms with Crippen molar-refractivity contribution in [3.05, 3.63) is 23.8 Å². The van der Waals surface area contributed by atoms with Crippen LogP contribution in [0.3, 0.4) is 0 Å². The monoisotopic (exact) mass is 274 g/mol. The van der Waals surface area contributed by atoms with Crippen LogP contribution in [0.4, 0.5) is 5.69 Å². The average Bonchev–Trinajstić information content (AvgIpc) is 2.96. The second-order valence-electron chi connectivity index (χ2n) is 6.29. The summed E-state index contributed by atoms with van der Waals surface area (Å²) in [6.45, 7) is 4.55. The van der Waals surface area contributed by atoms with Gasteiger partial charge in [0, 0.05) is 6.04 Å². The van der Waals surface area contributed by atoms with E-state index < -0.39 is 0 Å². The minimum absolute atomic E-state index is 0.312. The molecule has 20 heavy (non-hydrogen) atoms. The molecule has 0 aromatic heterocycles. The maximum Gasteiger partial charge on any atom is 0.142 e. The van der Waals surface area contributed by atoms with Crippen LogP contribution < -0.4 is 10.5 Å². The third-order valence-electron chi connectivity index (χ3n) is 4.72. The molecule has 1 aromatic rings. The van der Waals surface area contributed by atoms with Gasteiger partial charge in [0.25, 0.3) is 0 Å². The summed E-state index contributed by atoms with van der Waals surface area (Å²) in [7, 11) is 0. The van der Waals surface area contributed by atoms with Crippen molar-refractivity contribution in [1.29, 1.82) is 0 Å². The SMILES string of the molecule is Cc1ccc(OC2CCCCC2N2CCCC2)c(N)c1. The molecule has 3 rings (SSSR count). The maximum absolute atomic E-state index is 6.30. The van der Waals surface area contributed by atoms with Gasteiger partial charge < -0.3 is 10.5 Å². The van der Waals surface area contributed by atoms with Crippen LogP contribution in [0.5, 0.6) is 5.75 Å². The fraction of sp³-hybridized carbons (Fsp3) is 0.647. The lowest BCUT2D eigenvalue weighted by Crippen LogP contribution is -2.46. The molecule has 0 bridgehead atoms. The van der Waals surface area contributed by atoms with Gasteiger partial charge >= 0.3 is 0 Å². The molecule has 1 aromatic carbocycles. The standard InChI is InChI=1S/C17H26N2O/c1-13-8-9-16(14(18)12-13)20-17-7-3-2-6-15(17)19-10-4-5-11-19/h8-9,12,15,17H,2-7,10-11,18H2,1H3. The summed E-state index contributed by atoms with van der Waals surface area (Å²) in [5.74, 6) is 0.867. The quantitative estimate of drug-likeness (QED) is 0.859. The Morgan fingerprint density at radius 1 is 1.10 bits per heavy atom. The third-order valence-corrected chi connectivity index (χ3v) is 4.72. The highest BCUT2D eigenvalue weighted by atomic mass is 16.5. The van der Waals surface area contributed by atoms with Crippen LogP contribution in [0.15, 0.2) is 18.2 Å². The Labute approximate surface area is 122 Å². The van der Waals surface area contributed by atoms with E-state index in [1.165, 1.54) is 50.8 Å². The van der Waals surface area contributed by atoms with E-state index in [9.17, 15) is 0 Å². The Hall–Kier alpha value is -1.22. The fourth-order valence-electron chi connectivity index (χ4n) is 3.64. The lowest BCUT2D eigenvalue weighted by molar-refractivity contribution is 0.0490. The number of aryl methyl sites for hydroxylation is 1. The molecule has 1 aliphatic heterocycles. The first-order valence-corrected chi connectivity index (χ1v) is 8.01. The van der Waals surface area contributed by atoms with Gasteiger partial charge in [0.1, 0.15) is 11.9 Å². The summed E-state index contributed by atoms with van der Waals surface area (Å²) in [5.41, 5.74) is 8.06. The Morgan fingerprint density at radius 2 is 1.85 bits per heavy atom. The summed E-state index contributed by atoms with van der Waals surface area (Å²) in [5, 5.41) is 0. The second kappa shape index (κ2) is 6.04. The van der Waals surface area contributed by atoms with Crippen molar-refractivity contribution < 1.29 is 4.74 Å². The van der Waals surface area contributed by atoms with Crippen LogP contribution in [-0.2, 0) is 0 Å². The summed E-state index contributed by atoms with van der Waals surface area (Å²) >= 11 is 0. The van der Waals surface area contributed by atoms with Crippen molar-refractivity contribution in [2.45, 2.75) is 57.6 Å². The fourth-order valence-corrected chi connectivity index (χ4v) is 3.64. The summed E-state index contributed by atoms with van der Waals surface area (Å²) in [4.78, 5) is 2.63. The van der Waals surface area contributed by atoms with Gasteiger partial charge in [0.15, 0.2) is 0 Å². The molecule has 110 valence electrons. The van der Waals surface area contributed by atoms with E-state index in [0.29, 0.717) is 12.1 Å². The Morgan fingerprint density at radius 3 is 2.60 bits per heavy atom. The molecule has 2 atom stereocenters. The molecule has 1 aliphatic carbocycles. The number of hydrogen-bond donors (Lipinski definition) is 1. The van der Waals surface area contributed by atoms with Crippen molar-refractivity contribution in [1.82, 2.24) is 4.90 Å². The van der Waals surface area contributed by atoms with Gasteiger partial charge in [-0.1, -0.05) is 12.5 Å². The molecule has 0 spiro atoms. The molecule has 3 heteroatoms. The van der Waals surface area contributed by atoms with E-state index in [1.54, 1.807) is 0 Å². The topological polar surface area (TPSA) is 38.5 Å². The predicted octanol–water partition coefficient (Wildman–Crippen LogP) is 3.36. The molecule has 2 fully saturated rings. The van der Waals surface area contributed by atoms with Crippen molar-refractivity contribution in [3.8, 4) is 5.75 Å². The van der Waals surface area contributed by atoms with E-state index >= 15 is 0 Å². The Kier molecular flexibility index (Phi) is 4.16. The molecule has 1 saturated heterocycles. The Balaban J connectivity index is 1.72. The maximum atomic E-state index is 6.30. The molecule has 3 nitrogen and oxygen atoms in total. The van der Waals surface area contributed by atoms with Gasteiger partial charge in [0.2, 0.25) is 0 Å². The van der Waals surface area contributed by atoms with E-state index in [2.05, 4.69) is 17.9 Å². The highest BCUT2D eigenvalue weighted by Crippen LogP contribution is 2.31. The van der Waals surface area contributed by atoms with Crippen molar-refractivity contribution in [2.75, 3.05) is 18.8 Å². The van der Waals surface area contributed by atoms with E-state index in [0.717, 1.165) is 17.9 Å². The van der Waals surface area contributed by atoms with Gasteiger partial charge in [-0.3, -0.25) is 4.90 Å². The van der Waals surface area contributed by atoms with Gasteiger partial charge in [-0.2, -0.15) is 0 Å². The predicted molar refractivity (Wildman–Crippen MR) is 83.1 cm³/mol. The number of benzene rings is 1. The zero-order valence-corrected chi connectivity index (χ0v) is 12.5. The number of likely N-dealkylation sites (tertiary alicyclic amines) is 1. The number of anilines is 1. The molecular weight excluding hydrogens is 248 g/mol. The van der Waals surface area contributed by atoms with Gasteiger partial charge in [-0.15, -0.1) is 0 Å². The van der Waals surface area contributed by atoms with Crippen LogP contribution in [-0.4, -0.2) is 30.1 Å². The number of hydrogen-bond acceptors (Lipinski definition) is 3. The number of nitrogens with zero attached hydrogens (tertiary/aromatic N) is 1. The van der Waals surface area contributed by atoms with E-state index in [-0.39, 0.29) is 0 Å². The minimum Gasteiger partial charge on any atom is -0.487 e. The summed E-state index contributed by atoms with van der Waals surface area (Å²) < 4.78 is 6.30. The van der Waals surface area contributed by atoms with Crippen LogP contribution in [0.25, 0.3) is 0 Å². The molecule has 0 amide bonds. The van der Waals surface area contributed by atoms with E-state index in [1.807, 2.05) is 12.1 Å². The van der Waals surface area contributed by atoms with Crippen LogP contribution in [0.1, 0.15) is 44.1 Å². The zero-order valence-electron chi connectivity index (χ0n) is 12.5. The molecule has 2 unspecified atom stereocenters. The number of rotatable bonds is 3. The van der Waals surface area contributed by atoms with Crippen LogP contribution >= 0.6 is 0 Å². The van der Waals surface area contributed by atoms with Gasteiger partial charge in [-0.05, 0) is 69.8 Å². The first-order chi connectivity index (χ1) is 9.74. The van der Waals surface area contributed by atoms with Crippen molar-refractivity contribution in [3.63, 3.8) is 0 Å². The summed E-state index contributed by atoms with van der Waals surface area (Å²) in [6, 6.07) is 6.70. The number of nitrogens with two attached hydrogens (primary N) is 1. The molecule has 2 aliphatic rings. The largest absolute Gasteiger partial charge is 0.487 e. The number of ether oxygens (including phenoxy) is 1. The minimum atomic E-state index is 0.312. The molecule has 1 saturated carbocycles. The average molecular weight is 274 g/mol. The van der Waals surface area contributed by atoms with Gasteiger partial charge in [0.05, 0.1) is 5.69 Å². The third kappa shape index (κ3) is 2.93. The molecule has 0 radical (unpaired) electrons. The van der Waals surface area contributed by atoms with Crippen molar-refractivity contribution in [2.24, 2.45) is 0 Å². The Bertz CT molecular complexity index is 454. The first-order valence-electron chi connectivity index (χ1n) is 8.01. The molecule has 1 heterocycles. The lowest BCUT2D eigenvalue weighted by atomic mass is 9.91. The highest BCUT2D eigenvalue weighted by Gasteiger charge is 2.33. The molecular formula is C17H26N2O. The smallest absolute Gasteiger partial charge is 0.142 e. The van der Waals surface area contributed by atoms with Crippen LogP contribution in [0.2, 0.25) is 0 Å². The summed E-state index contributed by atoms with van der Waals surface area (Å²) in [6.07, 6.45) is 8.05. The second-order valence-corrected chi connectivity index (χ2v) is 6.29. The normalized spacial score (nSPS) is 27.6. The van der Waals surface area contributed by atoms with E-state index in [4.69, 9.17) is 10.5 Å². The number of nitrogen functional groups attached to an aromatic ring is 1. The first kappa shape index (κ1) is 13.7. The lowest BCUT2D eigenvalue weighted by Gasteiger charge is -2.38. The van der Waals surface area contributed by atoms with Crippen LogP contribution in [0, 0.1) is 6.92 Å². The highest BCUT2D eigenvalue weighted by molar-refractivity contribution is 5.54. The van der Waals surface area contributed by atoms with Gasteiger partial charge in [-0.25, -0.2) is 0 Å². The molecule has 2 N–H and O–H groups in total. The zero-order chi connectivity index (χ0) is 13.9.